The van der Waals surface area contributed by atoms with Crippen LogP contribution in [0, 0.1) is 0 Å². The highest BCUT2D eigenvalue weighted by Gasteiger charge is 2.28. The van der Waals surface area contributed by atoms with E-state index in [0.717, 1.165) is 17.8 Å². The van der Waals surface area contributed by atoms with Gasteiger partial charge in [-0.1, -0.05) is 6.07 Å². The number of aromatic nitrogens is 2. The van der Waals surface area contributed by atoms with Crippen molar-refractivity contribution in [3.8, 4) is 0 Å². The van der Waals surface area contributed by atoms with Crippen LogP contribution >= 0.6 is 0 Å². The average Bonchev–Trinajstić information content (AvgIpc) is 3.08. The van der Waals surface area contributed by atoms with E-state index in [4.69, 9.17) is 0 Å². The summed E-state index contributed by atoms with van der Waals surface area (Å²) in [6, 6.07) is 5.85. The molecular weight excluding hydrogens is 314 g/mol. The molecular formula is C15H21N5O2S. The summed E-state index contributed by atoms with van der Waals surface area (Å²) in [5.41, 5.74) is 1.93. The highest BCUT2D eigenvalue weighted by atomic mass is 32.2. The highest BCUT2D eigenvalue weighted by molar-refractivity contribution is 7.91. The number of guanidine groups is 1. The Morgan fingerprint density at radius 2 is 2.35 bits per heavy atom. The summed E-state index contributed by atoms with van der Waals surface area (Å²) in [5, 5.41) is 6.38. The van der Waals surface area contributed by atoms with Crippen LogP contribution in [0.15, 0.2) is 35.6 Å². The lowest BCUT2D eigenvalue weighted by Crippen LogP contribution is -2.44. The quantitative estimate of drug-likeness (QED) is 0.617. The Hall–Kier alpha value is -2.09. The number of rotatable bonds is 4. The van der Waals surface area contributed by atoms with E-state index in [0.29, 0.717) is 18.9 Å². The summed E-state index contributed by atoms with van der Waals surface area (Å²) in [6.07, 6.45) is 5.39. The van der Waals surface area contributed by atoms with Gasteiger partial charge in [0.1, 0.15) is 5.65 Å². The van der Waals surface area contributed by atoms with Gasteiger partial charge < -0.3 is 15.0 Å². The third-order valence-corrected chi connectivity index (χ3v) is 5.65. The average molecular weight is 335 g/mol. The fourth-order valence-electron chi connectivity index (χ4n) is 2.71. The first-order chi connectivity index (χ1) is 11.1. The molecule has 1 atom stereocenters. The van der Waals surface area contributed by atoms with Gasteiger partial charge in [0.25, 0.3) is 0 Å². The molecule has 0 bridgehead atoms. The van der Waals surface area contributed by atoms with Gasteiger partial charge in [0.2, 0.25) is 0 Å². The number of aliphatic imine (C=N–C) groups is 1. The number of nitrogens with zero attached hydrogens (tertiary/aromatic N) is 3. The normalized spacial score (nSPS) is 20.7. The number of imidazole rings is 1. The maximum absolute atomic E-state index is 11.5. The Balaban J connectivity index is 1.50. The van der Waals surface area contributed by atoms with Crippen molar-refractivity contribution in [2.24, 2.45) is 4.99 Å². The van der Waals surface area contributed by atoms with E-state index in [9.17, 15) is 8.42 Å². The van der Waals surface area contributed by atoms with Gasteiger partial charge in [-0.3, -0.25) is 4.99 Å². The predicted octanol–water partition coefficient (Wildman–Crippen LogP) is 0.229. The largest absolute Gasteiger partial charge is 0.356 e. The summed E-state index contributed by atoms with van der Waals surface area (Å²) in [6.45, 7) is 0.684. The molecule has 1 fully saturated rings. The lowest BCUT2D eigenvalue weighted by atomic mass is 10.3. The van der Waals surface area contributed by atoms with Crippen LogP contribution in [0.25, 0.3) is 5.65 Å². The zero-order valence-electron chi connectivity index (χ0n) is 13.1. The fraction of sp³-hybridized carbons (Fsp3) is 0.467. The fourth-order valence-corrected chi connectivity index (χ4v) is 4.39. The summed E-state index contributed by atoms with van der Waals surface area (Å²) in [7, 11) is -1.20. The molecule has 2 aromatic rings. The van der Waals surface area contributed by atoms with Crippen LogP contribution in [-0.4, -0.2) is 54.9 Å². The van der Waals surface area contributed by atoms with E-state index in [2.05, 4.69) is 20.6 Å². The van der Waals surface area contributed by atoms with Gasteiger partial charge in [0.05, 0.1) is 17.2 Å². The molecule has 7 nitrogen and oxygen atoms in total. The Morgan fingerprint density at radius 1 is 1.48 bits per heavy atom. The lowest BCUT2D eigenvalue weighted by Gasteiger charge is -2.15. The van der Waals surface area contributed by atoms with Crippen molar-refractivity contribution in [3.63, 3.8) is 0 Å². The second kappa shape index (κ2) is 6.57. The monoisotopic (exact) mass is 335 g/mol. The third kappa shape index (κ3) is 4.01. The standard InChI is InChI=1S/C15H21N5O2S/c1-16-15(19-13-6-9-23(21,22)11-13)17-7-5-12-10-20-8-3-2-4-14(20)18-12/h2-4,8,10,13H,5-7,9,11H2,1H3,(H2,16,17,19). The second-order valence-corrected chi connectivity index (χ2v) is 7.92. The van der Waals surface area contributed by atoms with E-state index in [-0.39, 0.29) is 17.5 Å². The van der Waals surface area contributed by atoms with Gasteiger partial charge in [-0.15, -0.1) is 0 Å². The smallest absolute Gasteiger partial charge is 0.191 e. The first-order valence-corrected chi connectivity index (χ1v) is 9.48. The molecule has 3 rings (SSSR count). The number of sulfone groups is 1. The SMILES string of the molecule is CN=C(NCCc1cn2ccccc2n1)NC1CCS(=O)(=O)C1. The molecule has 1 aliphatic rings. The maximum atomic E-state index is 11.5. The van der Waals surface area contributed by atoms with Gasteiger partial charge in [-0.2, -0.15) is 0 Å². The molecule has 0 amide bonds. The molecule has 0 spiro atoms. The van der Waals surface area contributed by atoms with Crippen LogP contribution in [-0.2, 0) is 16.3 Å². The van der Waals surface area contributed by atoms with Crippen molar-refractivity contribution in [1.82, 2.24) is 20.0 Å². The Kier molecular flexibility index (Phi) is 4.51. The number of hydrogen-bond acceptors (Lipinski definition) is 4. The van der Waals surface area contributed by atoms with Crippen molar-refractivity contribution in [2.45, 2.75) is 18.9 Å². The molecule has 8 heteroatoms. The van der Waals surface area contributed by atoms with Crippen LogP contribution in [0.1, 0.15) is 12.1 Å². The maximum Gasteiger partial charge on any atom is 0.191 e. The summed E-state index contributed by atoms with van der Waals surface area (Å²) < 4.78 is 25.0. The molecule has 0 saturated carbocycles. The Labute approximate surface area is 135 Å². The summed E-state index contributed by atoms with van der Waals surface area (Å²) >= 11 is 0. The molecule has 3 heterocycles. The molecule has 124 valence electrons. The van der Waals surface area contributed by atoms with E-state index in [1.54, 1.807) is 7.05 Å². The predicted molar refractivity (Wildman–Crippen MR) is 90.5 cm³/mol. The van der Waals surface area contributed by atoms with Gasteiger partial charge in [0, 0.05) is 38.4 Å². The first kappa shape index (κ1) is 15.8. The van der Waals surface area contributed by atoms with Crippen LogP contribution in [0.3, 0.4) is 0 Å². The molecule has 1 aliphatic heterocycles. The zero-order chi connectivity index (χ0) is 16.3. The van der Waals surface area contributed by atoms with Crippen molar-refractivity contribution in [2.75, 3.05) is 25.1 Å². The molecule has 2 N–H and O–H groups in total. The van der Waals surface area contributed by atoms with Gasteiger partial charge >= 0.3 is 0 Å². The summed E-state index contributed by atoms with van der Waals surface area (Å²) in [4.78, 5) is 8.69. The van der Waals surface area contributed by atoms with Crippen molar-refractivity contribution in [3.05, 3.63) is 36.3 Å². The van der Waals surface area contributed by atoms with E-state index in [1.807, 2.05) is 35.0 Å². The molecule has 0 aliphatic carbocycles. The first-order valence-electron chi connectivity index (χ1n) is 7.66. The van der Waals surface area contributed by atoms with Crippen LogP contribution in [0.2, 0.25) is 0 Å². The molecule has 0 aromatic carbocycles. The molecule has 1 saturated heterocycles. The second-order valence-electron chi connectivity index (χ2n) is 5.69. The minimum Gasteiger partial charge on any atom is -0.356 e. The number of hydrogen-bond donors (Lipinski definition) is 2. The van der Waals surface area contributed by atoms with Gasteiger partial charge in [-0.25, -0.2) is 13.4 Å². The molecule has 1 unspecified atom stereocenters. The minimum atomic E-state index is -2.89. The molecule has 0 radical (unpaired) electrons. The summed E-state index contributed by atoms with van der Waals surface area (Å²) in [5.74, 6) is 1.07. The van der Waals surface area contributed by atoms with Gasteiger partial charge in [0.15, 0.2) is 15.8 Å². The van der Waals surface area contributed by atoms with Crippen LogP contribution in [0.5, 0.6) is 0 Å². The number of fused-ring (bicyclic) bond motifs is 1. The van der Waals surface area contributed by atoms with E-state index >= 15 is 0 Å². The van der Waals surface area contributed by atoms with Crippen LogP contribution in [0.4, 0.5) is 0 Å². The highest BCUT2D eigenvalue weighted by Crippen LogP contribution is 2.11. The molecule has 23 heavy (non-hydrogen) atoms. The van der Waals surface area contributed by atoms with E-state index in [1.165, 1.54) is 0 Å². The van der Waals surface area contributed by atoms with Crippen molar-refractivity contribution in [1.29, 1.82) is 0 Å². The number of nitrogens with one attached hydrogen (secondary N) is 2. The lowest BCUT2D eigenvalue weighted by molar-refractivity contribution is 0.599. The Morgan fingerprint density at radius 3 is 3.04 bits per heavy atom. The van der Waals surface area contributed by atoms with Crippen LogP contribution < -0.4 is 10.6 Å². The third-order valence-electron chi connectivity index (χ3n) is 3.88. The van der Waals surface area contributed by atoms with Gasteiger partial charge in [-0.05, 0) is 18.6 Å². The van der Waals surface area contributed by atoms with Crippen molar-refractivity contribution < 1.29 is 8.42 Å². The molecule has 2 aromatic heterocycles. The van der Waals surface area contributed by atoms with Crippen molar-refractivity contribution >= 4 is 21.4 Å². The minimum absolute atomic E-state index is 0.0543. The van der Waals surface area contributed by atoms with E-state index < -0.39 is 9.84 Å². The number of pyridine rings is 1. The Bertz CT molecular complexity index is 779. The topological polar surface area (TPSA) is 87.9 Å². The zero-order valence-corrected chi connectivity index (χ0v) is 13.9.